The van der Waals surface area contributed by atoms with Gasteiger partial charge < -0.3 is 20.3 Å². The van der Waals surface area contributed by atoms with Gasteiger partial charge in [0.25, 0.3) is 0 Å². The van der Waals surface area contributed by atoms with Gasteiger partial charge in [-0.1, -0.05) is 0 Å². The lowest BCUT2D eigenvalue weighted by atomic mass is 9.86. The molecule has 2 aliphatic heterocycles. The fourth-order valence-corrected chi connectivity index (χ4v) is 3.76. The van der Waals surface area contributed by atoms with E-state index in [0.29, 0.717) is 0 Å². The van der Waals surface area contributed by atoms with Gasteiger partial charge in [-0.15, -0.1) is 0 Å². The first kappa shape index (κ1) is 16.9. The molecule has 1 unspecified atom stereocenters. The molecule has 0 aliphatic carbocycles. The Morgan fingerprint density at radius 1 is 1.21 bits per heavy atom. The van der Waals surface area contributed by atoms with Gasteiger partial charge in [-0.25, -0.2) is 4.79 Å². The average Bonchev–Trinajstić information content (AvgIpc) is 3.08. The highest BCUT2D eigenvalue weighted by atomic mass is 16.6. The number of aryl methyl sites for hydroxylation is 1. The van der Waals surface area contributed by atoms with Gasteiger partial charge in [-0.2, -0.15) is 0 Å². The number of likely N-dealkylation sites (tertiary alicyclic amines) is 1. The second-order valence-corrected chi connectivity index (χ2v) is 8.36. The van der Waals surface area contributed by atoms with Gasteiger partial charge in [-0.05, 0) is 64.3 Å². The number of nitrogens with two attached hydrogens (primary N) is 1. The first-order chi connectivity index (χ1) is 11.2. The molecule has 2 N–H and O–H groups in total. The molecule has 1 spiro atoms. The lowest BCUT2D eigenvalue weighted by Crippen LogP contribution is -2.37. The van der Waals surface area contributed by atoms with E-state index >= 15 is 0 Å². The third-order valence-electron chi connectivity index (χ3n) is 5.15. The van der Waals surface area contributed by atoms with Crippen molar-refractivity contribution in [2.24, 2.45) is 5.41 Å². The fraction of sp³-hybridized carbons (Fsp3) is 0.632. The molecule has 2 aliphatic rings. The largest absolute Gasteiger partial charge is 0.444 e. The van der Waals surface area contributed by atoms with E-state index in [9.17, 15) is 4.79 Å². The summed E-state index contributed by atoms with van der Waals surface area (Å²) >= 11 is 0. The molecule has 132 valence electrons. The number of benzene rings is 1. The van der Waals surface area contributed by atoms with Gasteiger partial charge in [0.05, 0.1) is 0 Å². The number of nitrogen functional groups attached to an aromatic ring is 1. The number of anilines is 2. The number of rotatable bonds is 1. The third-order valence-corrected chi connectivity index (χ3v) is 5.15. The van der Waals surface area contributed by atoms with Gasteiger partial charge in [0.1, 0.15) is 5.60 Å². The first-order valence-electron chi connectivity index (χ1n) is 8.77. The van der Waals surface area contributed by atoms with E-state index in [2.05, 4.69) is 17.0 Å². The number of nitrogens with zero attached hydrogens (tertiary/aromatic N) is 2. The van der Waals surface area contributed by atoms with Crippen LogP contribution in [0.4, 0.5) is 16.2 Å². The zero-order chi connectivity index (χ0) is 17.5. The summed E-state index contributed by atoms with van der Waals surface area (Å²) in [5.41, 5.74) is 8.88. The highest BCUT2D eigenvalue weighted by Gasteiger charge is 2.45. The van der Waals surface area contributed by atoms with E-state index in [0.717, 1.165) is 50.3 Å². The van der Waals surface area contributed by atoms with E-state index in [-0.39, 0.29) is 11.5 Å². The number of carbonyl (C=O) groups excluding carboxylic acids is 1. The van der Waals surface area contributed by atoms with Crippen molar-refractivity contribution in [3.8, 4) is 0 Å². The van der Waals surface area contributed by atoms with Gasteiger partial charge >= 0.3 is 6.09 Å². The van der Waals surface area contributed by atoms with Gasteiger partial charge in [0.2, 0.25) is 0 Å². The summed E-state index contributed by atoms with van der Waals surface area (Å²) in [6.07, 6.45) is 1.99. The molecule has 5 nitrogen and oxygen atoms in total. The Balaban J connectivity index is 1.65. The monoisotopic (exact) mass is 331 g/mol. The van der Waals surface area contributed by atoms with E-state index < -0.39 is 5.60 Å². The molecular weight excluding hydrogens is 302 g/mol. The van der Waals surface area contributed by atoms with Crippen LogP contribution in [0.1, 0.15) is 39.2 Å². The van der Waals surface area contributed by atoms with Crippen LogP contribution in [-0.4, -0.2) is 42.8 Å². The molecule has 1 amide bonds. The predicted molar refractivity (Wildman–Crippen MR) is 97.3 cm³/mol. The summed E-state index contributed by atoms with van der Waals surface area (Å²) in [6, 6.07) is 6.24. The molecule has 2 heterocycles. The zero-order valence-corrected chi connectivity index (χ0v) is 15.3. The Hall–Kier alpha value is -1.91. The van der Waals surface area contributed by atoms with Crippen LogP contribution in [0.15, 0.2) is 18.2 Å². The molecule has 0 saturated carbocycles. The minimum atomic E-state index is -0.434. The molecule has 0 radical (unpaired) electrons. The first-order valence-corrected chi connectivity index (χ1v) is 8.77. The molecule has 0 aromatic heterocycles. The molecule has 3 rings (SSSR count). The maximum atomic E-state index is 12.3. The van der Waals surface area contributed by atoms with Crippen LogP contribution < -0.4 is 10.6 Å². The lowest BCUT2D eigenvalue weighted by molar-refractivity contribution is 0.0276. The quantitative estimate of drug-likeness (QED) is 0.801. The maximum Gasteiger partial charge on any atom is 0.410 e. The average molecular weight is 331 g/mol. The van der Waals surface area contributed by atoms with Crippen LogP contribution in [0.25, 0.3) is 0 Å². The smallest absolute Gasteiger partial charge is 0.410 e. The normalized spacial score (nSPS) is 24.0. The Morgan fingerprint density at radius 2 is 1.92 bits per heavy atom. The molecular formula is C19H29N3O2. The molecule has 2 saturated heterocycles. The topological polar surface area (TPSA) is 58.8 Å². The number of amides is 1. The SMILES string of the molecule is Cc1cc(N2CCC3(CCN(C(=O)OC(C)(C)C)C3)C2)ccc1N. The van der Waals surface area contributed by atoms with Crippen molar-refractivity contribution in [2.45, 2.75) is 46.1 Å². The highest BCUT2D eigenvalue weighted by Crippen LogP contribution is 2.41. The van der Waals surface area contributed by atoms with Crippen molar-refractivity contribution in [1.82, 2.24) is 4.90 Å². The number of ether oxygens (including phenoxy) is 1. The minimum absolute atomic E-state index is 0.179. The summed E-state index contributed by atoms with van der Waals surface area (Å²) in [6.45, 7) is 11.4. The van der Waals surface area contributed by atoms with E-state index in [4.69, 9.17) is 10.5 Å². The van der Waals surface area contributed by atoms with Crippen molar-refractivity contribution in [3.05, 3.63) is 23.8 Å². The Bertz CT molecular complexity index is 638. The minimum Gasteiger partial charge on any atom is -0.444 e. The molecule has 1 atom stereocenters. The standard InChI is InChI=1S/C19H29N3O2/c1-14-11-15(5-6-16(14)20)21-9-7-19(12-21)8-10-22(13-19)17(23)24-18(2,3)4/h5-6,11H,7-10,12-13,20H2,1-4H3. The second-order valence-electron chi connectivity index (χ2n) is 8.36. The van der Waals surface area contributed by atoms with E-state index in [1.54, 1.807) is 0 Å². The van der Waals surface area contributed by atoms with Gasteiger partial charge in [0.15, 0.2) is 0 Å². The van der Waals surface area contributed by atoms with Crippen LogP contribution >= 0.6 is 0 Å². The predicted octanol–water partition coefficient (Wildman–Crippen LogP) is 3.41. The van der Waals surface area contributed by atoms with Crippen LogP contribution in [0.5, 0.6) is 0 Å². The fourth-order valence-electron chi connectivity index (χ4n) is 3.76. The van der Waals surface area contributed by atoms with Crippen molar-refractivity contribution in [1.29, 1.82) is 0 Å². The Labute approximate surface area is 144 Å². The summed E-state index contributed by atoms with van der Waals surface area (Å²) < 4.78 is 5.52. The summed E-state index contributed by atoms with van der Waals surface area (Å²) in [5.74, 6) is 0. The molecule has 5 heteroatoms. The Morgan fingerprint density at radius 3 is 2.58 bits per heavy atom. The van der Waals surface area contributed by atoms with Crippen molar-refractivity contribution in [3.63, 3.8) is 0 Å². The highest BCUT2D eigenvalue weighted by molar-refractivity contribution is 5.68. The maximum absolute atomic E-state index is 12.3. The van der Waals surface area contributed by atoms with Gasteiger partial charge in [0, 0.05) is 43.0 Å². The Kier molecular flexibility index (Phi) is 4.14. The van der Waals surface area contributed by atoms with Crippen molar-refractivity contribution in [2.75, 3.05) is 36.8 Å². The summed E-state index contributed by atoms with van der Waals surface area (Å²) in [4.78, 5) is 16.6. The van der Waals surface area contributed by atoms with Crippen molar-refractivity contribution >= 4 is 17.5 Å². The van der Waals surface area contributed by atoms with Gasteiger partial charge in [-0.3, -0.25) is 0 Å². The number of hydrogen-bond donors (Lipinski definition) is 1. The van der Waals surface area contributed by atoms with E-state index in [1.807, 2.05) is 38.7 Å². The number of hydrogen-bond acceptors (Lipinski definition) is 4. The van der Waals surface area contributed by atoms with Crippen LogP contribution in [0.3, 0.4) is 0 Å². The van der Waals surface area contributed by atoms with Crippen molar-refractivity contribution < 1.29 is 9.53 Å². The molecule has 1 aromatic carbocycles. The summed E-state index contributed by atoms with van der Waals surface area (Å²) in [7, 11) is 0. The molecule has 1 aromatic rings. The lowest BCUT2D eigenvalue weighted by Gasteiger charge is -2.27. The zero-order valence-electron chi connectivity index (χ0n) is 15.3. The second kappa shape index (κ2) is 5.87. The van der Waals surface area contributed by atoms with Crippen LogP contribution in [0, 0.1) is 12.3 Å². The van der Waals surface area contributed by atoms with E-state index in [1.165, 1.54) is 5.69 Å². The summed E-state index contributed by atoms with van der Waals surface area (Å²) in [5, 5.41) is 0. The molecule has 2 fully saturated rings. The third kappa shape index (κ3) is 3.45. The molecule has 24 heavy (non-hydrogen) atoms. The van der Waals surface area contributed by atoms with Crippen LogP contribution in [0.2, 0.25) is 0 Å². The number of carbonyl (C=O) groups is 1. The molecule has 0 bridgehead atoms. The van der Waals surface area contributed by atoms with Crippen LogP contribution in [-0.2, 0) is 4.74 Å².